The van der Waals surface area contributed by atoms with Crippen LogP contribution < -0.4 is 10.1 Å². The molecule has 0 saturated carbocycles. The molecule has 0 bridgehead atoms. The number of nitrogens with zero attached hydrogens (tertiary/aromatic N) is 2. The van der Waals surface area contributed by atoms with Crippen LogP contribution in [0.2, 0.25) is 0 Å². The van der Waals surface area contributed by atoms with E-state index in [4.69, 9.17) is 4.74 Å². The van der Waals surface area contributed by atoms with E-state index in [-0.39, 0.29) is 11.8 Å². The van der Waals surface area contributed by atoms with Crippen LogP contribution in [0.25, 0.3) is 0 Å². The number of para-hydroxylation sites is 1. The van der Waals surface area contributed by atoms with E-state index < -0.39 is 6.04 Å². The fraction of sp³-hybridized carbons (Fsp3) is 0.364. The standard InChI is InChI=1S/C22H25N3O3/c26-21-19-9-5-4-6-17(19)16-20(23-21)22(27)25-12-10-24(11-13-25)14-15-28-18-7-2-1-3-8-18/h1-9,20H,10-16H2,(H,23,26)/t20-/m1/s1. The minimum atomic E-state index is -0.463. The van der Waals surface area contributed by atoms with Gasteiger partial charge in [-0.2, -0.15) is 0 Å². The highest BCUT2D eigenvalue weighted by atomic mass is 16.5. The SMILES string of the molecule is O=C1N[C@@H](C(=O)N2CCN(CCOc3ccccc3)CC2)Cc2ccccc21. The molecule has 146 valence electrons. The Morgan fingerprint density at radius 2 is 1.71 bits per heavy atom. The van der Waals surface area contributed by atoms with E-state index in [2.05, 4.69) is 10.2 Å². The molecule has 2 aliphatic heterocycles. The number of nitrogens with one attached hydrogen (secondary N) is 1. The number of hydrogen-bond acceptors (Lipinski definition) is 4. The van der Waals surface area contributed by atoms with E-state index in [1.54, 1.807) is 0 Å². The van der Waals surface area contributed by atoms with Gasteiger partial charge in [0.25, 0.3) is 5.91 Å². The first-order valence-electron chi connectivity index (χ1n) is 9.78. The van der Waals surface area contributed by atoms with Crippen LogP contribution >= 0.6 is 0 Å². The van der Waals surface area contributed by atoms with Crippen molar-refractivity contribution in [2.45, 2.75) is 12.5 Å². The lowest BCUT2D eigenvalue weighted by atomic mass is 9.94. The van der Waals surface area contributed by atoms with Crippen LogP contribution in [0.15, 0.2) is 54.6 Å². The Bertz CT molecular complexity index is 832. The molecule has 2 aliphatic rings. The second-order valence-corrected chi connectivity index (χ2v) is 7.22. The molecule has 2 aromatic carbocycles. The molecule has 2 heterocycles. The highest BCUT2D eigenvalue weighted by Crippen LogP contribution is 2.18. The molecule has 2 amide bonds. The molecular formula is C22H25N3O3. The third-order valence-electron chi connectivity index (χ3n) is 5.39. The molecule has 1 N–H and O–H groups in total. The summed E-state index contributed by atoms with van der Waals surface area (Å²) in [4.78, 5) is 29.3. The summed E-state index contributed by atoms with van der Waals surface area (Å²) in [6.07, 6.45) is 0.561. The van der Waals surface area contributed by atoms with Crippen molar-refractivity contribution in [3.63, 3.8) is 0 Å². The Labute approximate surface area is 165 Å². The number of piperazine rings is 1. The summed E-state index contributed by atoms with van der Waals surface area (Å²) >= 11 is 0. The summed E-state index contributed by atoms with van der Waals surface area (Å²) < 4.78 is 5.75. The van der Waals surface area contributed by atoms with Crippen molar-refractivity contribution in [3.05, 3.63) is 65.7 Å². The molecule has 0 unspecified atom stereocenters. The van der Waals surface area contributed by atoms with E-state index in [0.717, 1.165) is 30.9 Å². The van der Waals surface area contributed by atoms with E-state index in [0.29, 0.717) is 31.7 Å². The molecule has 0 aromatic heterocycles. The molecule has 1 saturated heterocycles. The van der Waals surface area contributed by atoms with Gasteiger partial charge in [0, 0.05) is 44.7 Å². The Balaban J connectivity index is 1.25. The summed E-state index contributed by atoms with van der Waals surface area (Å²) in [7, 11) is 0. The van der Waals surface area contributed by atoms with Crippen LogP contribution in [0, 0.1) is 0 Å². The number of carbonyl (C=O) groups is 2. The first-order valence-corrected chi connectivity index (χ1v) is 9.78. The number of fused-ring (bicyclic) bond motifs is 1. The molecule has 0 aliphatic carbocycles. The van der Waals surface area contributed by atoms with E-state index in [1.807, 2.05) is 59.5 Å². The van der Waals surface area contributed by atoms with Gasteiger partial charge in [-0.3, -0.25) is 14.5 Å². The molecule has 2 aromatic rings. The molecule has 6 heteroatoms. The van der Waals surface area contributed by atoms with Crippen molar-refractivity contribution in [1.29, 1.82) is 0 Å². The second-order valence-electron chi connectivity index (χ2n) is 7.22. The average molecular weight is 379 g/mol. The first kappa shape index (κ1) is 18.5. The van der Waals surface area contributed by atoms with Gasteiger partial charge >= 0.3 is 0 Å². The Kier molecular flexibility index (Phi) is 5.58. The van der Waals surface area contributed by atoms with Crippen molar-refractivity contribution >= 4 is 11.8 Å². The van der Waals surface area contributed by atoms with Crippen molar-refractivity contribution in [2.75, 3.05) is 39.3 Å². The van der Waals surface area contributed by atoms with Crippen molar-refractivity contribution < 1.29 is 14.3 Å². The van der Waals surface area contributed by atoms with Crippen LogP contribution in [0.3, 0.4) is 0 Å². The number of benzene rings is 2. The molecule has 6 nitrogen and oxygen atoms in total. The maximum atomic E-state index is 12.9. The number of hydrogen-bond donors (Lipinski definition) is 1. The zero-order valence-electron chi connectivity index (χ0n) is 15.8. The zero-order valence-corrected chi connectivity index (χ0v) is 15.8. The van der Waals surface area contributed by atoms with Crippen LogP contribution in [0.1, 0.15) is 15.9 Å². The van der Waals surface area contributed by atoms with Crippen molar-refractivity contribution in [1.82, 2.24) is 15.1 Å². The average Bonchev–Trinajstić information content (AvgIpc) is 2.74. The monoisotopic (exact) mass is 379 g/mol. The Morgan fingerprint density at radius 3 is 2.50 bits per heavy atom. The molecule has 4 rings (SSSR count). The zero-order chi connectivity index (χ0) is 19.3. The van der Waals surface area contributed by atoms with Gasteiger partial charge in [-0.1, -0.05) is 36.4 Å². The lowest BCUT2D eigenvalue weighted by Crippen LogP contribution is -2.57. The van der Waals surface area contributed by atoms with Gasteiger partial charge in [-0.15, -0.1) is 0 Å². The largest absolute Gasteiger partial charge is 0.492 e. The molecule has 1 atom stereocenters. The predicted molar refractivity (Wildman–Crippen MR) is 106 cm³/mol. The molecular weight excluding hydrogens is 354 g/mol. The fourth-order valence-corrected chi connectivity index (χ4v) is 3.80. The van der Waals surface area contributed by atoms with Crippen molar-refractivity contribution in [3.8, 4) is 5.75 Å². The maximum absolute atomic E-state index is 12.9. The van der Waals surface area contributed by atoms with Gasteiger partial charge in [-0.25, -0.2) is 0 Å². The summed E-state index contributed by atoms with van der Waals surface area (Å²) in [6.45, 7) is 4.47. The normalized spacial score (nSPS) is 19.6. The smallest absolute Gasteiger partial charge is 0.252 e. The number of ether oxygens (including phenoxy) is 1. The van der Waals surface area contributed by atoms with Gasteiger partial charge in [0.05, 0.1) is 0 Å². The second kappa shape index (κ2) is 8.44. The van der Waals surface area contributed by atoms with Gasteiger partial charge < -0.3 is 15.0 Å². The van der Waals surface area contributed by atoms with E-state index >= 15 is 0 Å². The van der Waals surface area contributed by atoms with Gasteiger partial charge in [0.15, 0.2) is 0 Å². The third kappa shape index (κ3) is 4.17. The summed E-state index contributed by atoms with van der Waals surface area (Å²) in [6, 6.07) is 16.8. The Hall–Kier alpha value is -2.86. The van der Waals surface area contributed by atoms with E-state index in [1.165, 1.54) is 0 Å². The van der Waals surface area contributed by atoms with Crippen LogP contribution in [0.5, 0.6) is 5.75 Å². The molecule has 0 radical (unpaired) electrons. The van der Waals surface area contributed by atoms with Gasteiger partial charge in [-0.05, 0) is 23.8 Å². The summed E-state index contributed by atoms with van der Waals surface area (Å²) in [5, 5.41) is 2.87. The number of carbonyl (C=O) groups excluding carboxylic acids is 2. The summed E-state index contributed by atoms with van der Waals surface area (Å²) in [5.74, 6) is 0.740. The number of amides is 2. The predicted octanol–water partition coefficient (Wildman–Crippen LogP) is 1.56. The highest BCUT2D eigenvalue weighted by Gasteiger charge is 2.32. The maximum Gasteiger partial charge on any atom is 0.252 e. The van der Waals surface area contributed by atoms with E-state index in [9.17, 15) is 9.59 Å². The third-order valence-corrected chi connectivity index (χ3v) is 5.39. The van der Waals surface area contributed by atoms with Gasteiger partial charge in [0.1, 0.15) is 18.4 Å². The minimum absolute atomic E-state index is 0.0167. The molecule has 28 heavy (non-hydrogen) atoms. The van der Waals surface area contributed by atoms with Crippen molar-refractivity contribution in [2.24, 2.45) is 0 Å². The van der Waals surface area contributed by atoms with Crippen LogP contribution in [-0.2, 0) is 11.2 Å². The van der Waals surface area contributed by atoms with Crippen LogP contribution in [0.4, 0.5) is 0 Å². The highest BCUT2D eigenvalue weighted by molar-refractivity contribution is 6.00. The molecule has 0 spiro atoms. The first-order chi connectivity index (χ1) is 13.7. The Morgan fingerprint density at radius 1 is 1.00 bits per heavy atom. The van der Waals surface area contributed by atoms with Gasteiger partial charge in [0.2, 0.25) is 5.91 Å². The topological polar surface area (TPSA) is 61.9 Å². The minimum Gasteiger partial charge on any atom is -0.492 e. The number of rotatable bonds is 5. The molecule has 1 fully saturated rings. The lowest BCUT2D eigenvalue weighted by molar-refractivity contribution is -0.135. The van der Waals surface area contributed by atoms with Crippen LogP contribution in [-0.4, -0.2) is 67.0 Å². The quantitative estimate of drug-likeness (QED) is 0.857. The fourth-order valence-electron chi connectivity index (χ4n) is 3.80. The summed E-state index contributed by atoms with van der Waals surface area (Å²) in [5.41, 5.74) is 1.62. The lowest BCUT2D eigenvalue weighted by Gasteiger charge is -2.37.